The molecule has 0 radical (unpaired) electrons. The van der Waals surface area contributed by atoms with Crippen LogP contribution in [0.2, 0.25) is 0 Å². The van der Waals surface area contributed by atoms with E-state index in [4.69, 9.17) is 5.26 Å². The summed E-state index contributed by atoms with van der Waals surface area (Å²) in [6, 6.07) is 19.7. The molecular weight excluding hydrogens is 230 g/mol. The minimum absolute atomic E-state index is 0.723. The molecule has 0 heterocycles. The molecule has 0 fully saturated rings. The minimum Gasteiger partial charge on any atom is -0.192 e. The molecule has 0 aliphatic heterocycles. The Hall–Kier alpha value is -2.55. The predicted octanol–water partition coefficient (Wildman–Crippen LogP) is 4.74. The van der Waals surface area contributed by atoms with E-state index in [0.717, 1.165) is 11.1 Å². The number of allylic oxidation sites excluding steroid dienone is 1. The molecule has 0 aliphatic carbocycles. The lowest BCUT2D eigenvalue weighted by Gasteiger charge is -1.94. The molecule has 0 aliphatic rings. The lowest BCUT2D eigenvalue weighted by molar-refractivity contribution is 1.43. The van der Waals surface area contributed by atoms with Gasteiger partial charge in [0.25, 0.3) is 0 Å². The van der Waals surface area contributed by atoms with Crippen LogP contribution in [0.5, 0.6) is 0 Å². The fraction of sp³-hybridized carbons (Fsp3) is 0.111. The quantitative estimate of drug-likeness (QED) is 0.668. The Morgan fingerprint density at radius 1 is 1.00 bits per heavy atom. The summed E-state index contributed by atoms with van der Waals surface area (Å²) in [6.45, 7) is 7.58. The maximum Gasteiger partial charge on any atom is 0.0991 e. The van der Waals surface area contributed by atoms with Crippen molar-refractivity contribution in [2.24, 2.45) is 0 Å². The molecule has 0 spiro atoms. The van der Waals surface area contributed by atoms with Crippen LogP contribution in [0.1, 0.15) is 23.6 Å². The normalized spacial score (nSPS) is 8.47. The maximum atomic E-state index is 8.38. The topological polar surface area (TPSA) is 23.8 Å². The SMILES string of the molecule is C=C=C(C)c1ccccc1.Cc1ccc(C#N)cc1. The van der Waals surface area contributed by atoms with E-state index in [9.17, 15) is 0 Å². The Morgan fingerprint density at radius 3 is 2.05 bits per heavy atom. The molecule has 0 bridgehead atoms. The number of benzene rings is 2. The van der Waals surface area contributed by atoms with Gasteiger partial charge in [0.1, 0.15) is 0 Å². The highest BCUT2D eigenvalue weighted by atomic mass is 14.2. The summed E-state index contributed by atoms with van der Waals surface area (Å²) in [5.41, 5.74) is 7.05. The molecule has 1 nitrogen and oxygen atoms in total. The van der Waals surface area contributed by atoms with Crippen LogP contribution in [0.4, 0.5) is 0 Å². The van der Waals surface area contributed by atoms with Gasteiger partial charge >= 0.3 is 0 Å². The van der Waals surface area contributed by atoms with Crippen molar-refractivity contribution < 1.29 is 0 Å². The molecule has 19 heavy (non-hydrogen) atoms. The van der Waals surface area contributed by atoms with Crippen LogP contribution in [0.3, 0.4) is 0 Å². The van der Waals surface area contributed by atoms with E-state index in [0.29, 0.717) is 0 Å². The Bertz CT molecular complexity index is 594. The summed E-state index contributed by atoms with van der Waals surface area (Å²) in [5, 5.41) is 8.38. The van der Waals surface area contributed by atoms with Crippen LogP contribution >= 0.6 is 0 Å². The summed E-state index contributed by atoms with van der Waals surface area (Å²) < 4.78 is 0. The van der Waals surface area contributed by atoms with Crippen molar-refractivity contribution in [1.82, 2.24) is 0 Å². The highest BCUT2D eigenvalue weighted by Gasteiger charge is 1.88. The molecule has 1 heteroatoms. The van der Waals surface area contributed by atoms with Gasteiger partial charge in [0.15, 0.2) is 0 Å². The number of nitriles is 1. The van der Waals surface area contributed by atoms with E-state index in [2.05, 4.69) is 18.4 Å². The zero-order valence-corrected chi connectivity index (χ0v) is 11.4. The summed E-state index contributed by atoms with van der Waals surface area (Å²) in [4.78, 5) is 0. The average molecular weight is 247 g/mol. The largest absolute Gasteiger partial charge is 0.192 e. The summed E-state index contributed by atoms with van der Waals surface area (Å²) in [7, 11) is 0. The van der Waals surface area contributed by atoms with Crippen molar-refractivity contribution in [2.75, 3.05) is 0 Å². The first-order valence-corrected chi connectivity index (χ1v) is 6.06. The average Bonchev–Trinajstić information content (AvgIpc) is 2.49. The minimum atomic E-state index is 0.723. The molecule has 0 saturated heterocycles. The number of hydrogen-bond acceptors (Lipinski definition) is 1. The van der Waals surface area contributed by atoms with Crippen molar-refractivity contribution >= 4 is 5.57 Å². The molecule has 2 aromatic carbocycles. The molecule has 0 unspecified atom stereocenters. The lowest BCUT2D eigenvalue weighted by atomic mass is 10.1. The zero-order valence-electron chi connectivity index (χ0n) is 11.4. The second-order valence-electron chi connectivity index (χ2n) is 4.15. The standard InChI is InChI=1S/C10H10.C8H7N/c1-3-9(2)10-7-5-4-6-8-10;1-7-2-4-8(6-9)5-3-7/h4-8H,1H2,2H3;2-5H,1H3. The van der Waals surface area contributed by atoms with Crippen LogP contribution in [0.15, 0.2) is 66.9 Å². The zero-order chi connectivity index (χ0) is 14.1. The van der Waals surface area contributed by atoms with Gasteiger partial charge in [0, 0.05) is 0 Å². The van der Waals surface area contributed by atoms with Crippen molar-refractivity contribution in [3.63, 3.8) is 0 Å². The second kappa shape index (κ2) is 7.71. The monoisotopic (exact) mass is 247 g/mol. The van der Waals surface area contributed by atoms with Crippen molar-refractivity contribution in [3.8, 4) is 6.07 Å². The molecule has 2 aromatic rings. The highest BCUT2D eigenvalue weighted by Crippen LogP contribution is 2.09. The summed E-state index contributed by atoms with van der Waals surface area (Å²) in [6.07, 6.45) is 0. The summed E-state index contributed by atoms with van der Waals surface area (Å²) >= 11 is 0. The van der Waals surface area contributed by atoms with Crippen molar-refractivity contribution in [2.45, 2.75) is 13.8 Å². The molecule has 0 N–H and O–H groups in total. The third kappa shape index (κ3) is 5.08. The van der Waals surface area contributed by atoms with Gasteiger partial charge in [-0.1, -0.05) is 54.6 Å². The third-order valence-corrected chi connectivity index (χ3v) is 2.65. The Kier molecular flexibility index (Phi) is 5.89. The van der Waals surface area contributed by atoms with Crippen molar-refractivity contribution in [1.29, 1.82) is 5.26 Å². The van der Waals surface area contributed by atoms with Gasteiger partial charge in [-0.2, -0.15) is 5.26 Å². The van der Waals surface area contributed by atoms with Gasteiger partial charge in [0.05, 0.1) is 11.6 Å². The molecular formula is C18H17N. The van der Waals surface area contributed by atoms with E-state index in [1.165, 1.54) is 11.1 Å². The van der Waals surface area contributed by atoms with E-state index >= 15 is 0 Å². The Labute approximate surface area is 115 Å². The molecule has 0 aromatic heterocycles. The van der Waals surface area contributed by atoms with Crippen molar-refractivity contribution in [3.05, 3.63) is 83.6 Å². The maximum absolute atomic E-state index is 8.38. The number of rotatable bonds is 1. The first-order valence-electron chi connectivity index (χ1n) is 6.06. The lowest BCUT2D eigenvalue weighted by Crippen LogP contribution is -1.73. The fourth-order valence-corrected chi connectivity index (χ4v) is 1.42. The van der Waals surface area contributed by atoms with E-state index in [1.54, 1.807) is 0 Å². The van der Waals surface area contributed by atoms with Gasteiger partial charge in [-0.3, -0.25) is 0 Å². The van der Waals surface area contributed by atoms with Crippen LogP contribution in [-0.4, -0.2) is 0 Å². The smallest absolute Gasteiger partial charge is 0.0991 e. The van der Waals surface area contributed by atoms with Gasteiger partial charge in [-0.15, -0.1) is 5.73 Å². The molecule has 0 saturated carbocycles. The van der Waals surface area contributed by atoms with Crippen LogP contribution in [0, 0.1) is 18.3 Å². The highest BCUT2D eigenvalue weighted by molar-refractivity contribution is 5.62. The number of hydrogen-bond donors (Lipinski definition) is 0. The first-order chi connectivity index (χ1) is 9.17. The molecule has 0 atom stereocenters. The van der Waals surface area contributed by atoms with E-state index in [1.807, 2.05) is 68.4 Å². The van der Waals surface area contributed by atoms with Gasteiger partial charge in [-0.25, -0.2) is 0 Å². The van der Waals surface area contributed by atoms with Gasteiger partial charge in [0.2, 0.25) is 0 Å². The fourth-order valence-electron chi connectivity index (χ4n) is 1.42. The van der Waals surface area contributed by atoms with E-state index in [-0.39, 0.29) is 0 Å². The Morgan fingerprint density at radius 2 is 1.58 bits per heavy atom. The van der Waals surface area contributed by atoms with Crippen LogP contribution in [-0.2, 0) is 0 Å². The van der Waals surface area contributed by atoms with E-state index < -0.39 is 0 Å². The first kappa shape index (κ1) is 14.5. The van der Waals surface area contributed by atoms with Crippen LogP contribution in [0.25, 0.3) is 5.57 Å². The van der Waals surface area contributed by atoms with Gasteiger partial charge < -0.3 is 0 Å². The number of nitrogens with zero attached hydrogens (tertiary/aromatic N) is 1. The number of aryl methyl sites for hydroxylation is 1. The van der Waals surface area contributed by atoms with Crippen LogP contribution < -0.4 is 0 Å². The Balaban J connectivity index is 0.000000191. The second-order valence-corrected chi connectivity index (χ2v) is 4.15. The molecule has 2 rings (SSSR count). The van der Waals surface area contributed by atoms with Gasteiger partial charge in [-0.05, 0) is 37.1 Å². The third-order valence-electron chi connectivity index (χ3n) is 2.65. The molecule has 0 amide bonds. The molecule has 94 valence electrons. The predicted molar refractivity (Wildman–Crippen MR) is 80.6 cm³/mol. The summed E-state index contributed by atoms with van der Waals surface area (Å²) in [5.74, 6) is 0.